The van der Waals surface area contributed by atoms with Crippen LogP contribution in [0.15, 0.2) is 29.3 Å². The van der Waals surface area contributed by atoms with Crippen LogP contribution in [0, 0.1) is 17.3 Å². The molecule has 3 heterocycles. The van der Waals surface area contributed by atoms with Crippen LogP contribution in [-0.2, 0) is 11.3 Å². The third kappa shape index (κ3) is 4.80. The van der Waals surface area contributed by atoms with E-state index in [4.69, 9.17) is 0 Å². The molecular weight excluding hydrogens is 480 g/mol. The van der Waals surface area contributed by atoms with Gasteiger partial charge in [-0.1, -0.05) is 51.9 Å². The molecule has 2 aromatic heterocycles. The van der Waals surface area contributed by atoms with E-state index >= 15 is 0 Å². The van der Waals surface area contributed by atoms with Gasteiger partial charge in [0.2, 0.25) is 5.91 Å². The maximum absolute atomic E-state index is 13.6. The van der Waals surface area contributed by atoms with Crippen molar-refractivity contribution < 1.29 is 14.7 Å². The first-order valence-electron chi connectivity index (χ1n) is 14.6. The van der Waals surface area contributed by atoms with E-state index in [9.17, 15) is 19.5 Å². The van der Waals surface area contributed by atoms with Gasteiger partial charge in [-0.3, -0.25) is 14.4 Å². The molecule has 0 radical (unpaired) electrons. The van der Waals surface area contributed by atoms with E-state index in [0.29, 0.717) is 36.6 Å². The Kier molecular flexibility index (Phi) is 7.46. The van der Waals surface area contributed by atoms with E-state index < -0.39 is 11.0 Å². The molecule has 2 amide bonds. The minimum absolute atomic E-state index is 0.00161. The molecule has 0 unspecified atom stereocenters. The number of carbonyl (C=O) groups is 2. The molecule has 2 saturated carbocycles. The van der Waals surface area contributed by atoms with E-state index in [1.165, 1.54) is 41.6 Å². The number of aliphatic hydroxyl groups is 1. The average molecular weight is 525 g/mol. The maximum atomic E-state index is 13.6. The smallest absolute Gasteiger partial charge is 0.274 e. The summed E-state index contributed by atoms with van der Waals surface area (Å²) in [5.41, 5.74) is -0.967. The van der Waals surface area contributed by atoms with Gasteiger partial charge in [0.25, 0.3) is 11.5 Å². The second-order valence-corrected chi connectivity index (χ2v) is 12.6. The number of piperidine rings is 1. The molecule has 8 heteroatoms. The highest BCUT2D eigenvalue weighted by Crippen LogP contribution is 2.52. The molecule has 208 valence electrons. The lowest BCUT2D eigenvalue weighted by Gasteiger charge is -2.53. The third-order valence-corrected chi connectivity index (χ3v) is 9.81. The van der Waals surface area contributed by atoms with Crippen LogP contribution in [0.1, 0.15) is 88.0 Å². The monoisotopic (exact) mass is 524 g/mol. The lowest BCUT2D eigenvalue weighted by atomic mass is 9.65. The van der Waals surface area contributed by atoms with Crippen molar-refractivity contribution in [3.8, 4) is 0 Å². The zero-order chi connectivity index (χ0) is 27.1. The highest BCUT2D eigenvalue weighted by atomic mass is 16.3. The summed E-state index contributed by atoms with van der Waals surface area (Å²) in [6, 6.07) is 3.48. The second kappa shape index (κ2) is 10.5. The highest BCUT2D eigenvalue weighted by Gasteiger charge is 2.56. The van der Waals surface area contributed by atoms with Gasteiger partial charge in [-0.2, -0.15) is 0 Å². The summed E-state index contributed by atoms with van der Waals surface area (Å²) in [6.45, 7) is 3.25. The summed E-state index contributed by atoms with van der Waals surface area (Å²) in [7, 11) is 3.38. The Labute approximate surface area is 225 Å². The number of rotatable bonds is 6. The summed E-state index contributed by atoms with van der Waals surface area (Å²) in [4.78, 5) is 43.5. The van der Waals surface area contributed by atoms with Gasteiger partial charge in [-0.15, -0.1) is 0 Å². The van der Waals surface area contributed by atoms with Crippen molar-refractivity contribution >= 4 is 17.3 Å². The number of nitrogens with zero attached hydrogens (tertiary/aromatic N) is 4. The molecule has 1 spiro atoms. The van der Waals surface area contributed by atoms with Crippen LogP contribution < -0.4 is 5.56 Å². The number of carbonyl (C=O) groups excluding carboxylic acids is 2. The summed E-state index contributed by atoms with van der Waals surface area (Å²) in [5, 5.41) is 12.3. The molecular formula is C30H44N4O4. The second-order valence-electron chi connectivity index (χ2n) is 12.6. The van der Waals surface area contributed by atoms with E-state index in [-0.39, 0.29) is 29.8 Å². The van der Waals surface area contributed by atoms with E-state index in [1.807, 2.05) is 4.90 Å². The maximum Gasteiger partial charge on any atom is 0.274 e. The number of likely N-dealkylation sites (tertiary alicyclic amines) is 1. The Morgan fingerprint density at radius 1 is 1.11 bits per heavy atom. The van der Waals surface area contributed by atoms with Crippen LogP contribution in [0.4, 0.5) is 0 Å². The number of amides is 2. The Bertz CT molecular complexity index is 1230. The van der Waals surface area contributed by atoms with Gasteiger partial charge >= 0.3 is 0 Å². The van der Waals surface area contributed by atoms with Gasteiger partial charge in [0.1, 0.15) is 11.2 Å². The van der Waals surface area contributed by atoms with Crippen molar-refractivity contribution in [3.05, 3.63) is 40.6 Å². The normalized spacial score (nSPS) is 24.7. The largest absolute Gasteiger partial charge is 0.387 e. The van der Waals surface area contributed by atoms with Crippen molar-refractivity contribution in [2.75, 3.05) is 27.2 Å². The fourth-order valence-electron chi connectivity index (χ4n) is 7.59. The zero-order valence-corrected chi connectivity index (χ0v) is 23.3. The average Bonchev–Trinajstić information content (AvgIpc) is 3.58. The van der Waals surface area contributed by atoms with Crippen LogP contribution >= 0.6 is 0 Å². The highest BCUT2D eigenvalue weighted by molar-refractivity contribution is 5.92. The standard InChI is InChI=1S/C30H44N4O4/c1-22(18-23-10-5-4-6-11-23)26(35)32-17-15-30(38,29(20-32)13-7-8-14-29)21-33-19-25(27(36)31(2)3)34-16-9-12-24(34)28(33)37/h9,12,16,19,22-23,38H,4-8,10-11,13-15,17-18,20-21H2,1-3H3/t22-,30+/m1/s1. The number of hydrogen-bond acceptors (Lipinski definition) is 4. The SMILES string of the molecule is C[C@H](CC1CCCCC1)C(=O)N1CC[C@](O)(Cn2cc(C(=O)N(C)C)n3cccc3c2=O)C2(CCCC2)C1. The van der Waals surface area contributed by atoms with Gasteiger partial charge in [-0.25, -0.2) is 0 Å². The van der Waals surface area contributed by atoms with Crippen LogP contribution in [0.2, 0.25) is 0 Å². The molecule has 2 aliphatic carbocycles. The van der Waals surface area contributed by atoms with Crippen molar-refractivity contribution in [2.45, 2.75) is 89.7 Å². The quantitative estimate of drug-likeness (QED) is 0.620. The fraction of sp³-hybridized carbons (Fsp3) is 0.700. The molecule has 1 N–H and O–H groups in total. The molecule has 2 atom stereocenters. The molecule has 3 aliphatic rings. The lowest BCUT2D eigenvalue weighted by Crippen LogP contribution is -2.62. The lowest BCUT2D eigenvalue weighted by molar-refractivity contribution is -0.163. The van der Waals surface area contributed by atoms with E-state index in [0.717, 1.165) is 32.1 Å². The first kappa shape index (κ1) is 27.0. The first-order chi connectivity index (χ1) is 18.1. The van der Waals surface area contributed by atoms with Gasteiger partial charge in [0.05, 0.1) is 12.1 Å². The van der Waals surface area contributed by atoms with Crippen LogP contribution in [0.25, 0.3) is 5.52 Å². The Morgan fingerprint density at radius 3 is 2.50 bits per heavy atom. The summed E-state index contributed by atoms with van der Waals surface area (Å²) < 4.78 is 3.17. The molecule has 0 bridgehead atoms. The molecule has 1 saturated heterocycles. The molecule has 5 rings (SSSR count). The van der Waals surface area contributed by atoms with Crippen LogP contribution in [-0.4, -0.2) is 68.5 Å². The van der Waals surface area contributed by atoms with Gasteiger partial charge < -0.3 is 23.9 Å². The molecule has 3 fully saturated rings. The van der Waals surface area contributed by atoms with Crippen molar-refractivity contribution in [2.24, 2.45) is 17.3 Å². The molecule has 2 aromatic rings. The van der Waals surface area contributed by atoms with Crippen LogP contribution in [0.5, 0.6) is 0 Å². The fourth-order valence-corrected chi connectivity index (χ4v) is 7.59. The van der Waals surface area contributed by atoms with Crippen molar-refractivity contribution in [1.82, 2.24) is 18.8 Å². The zero-order valence-electron chi connectivity index (χ0n) is 23.3. The van der Waals surface area contributed by atoms with Gasteiger partial charge in [0.15, 0.2) is 0 Å². The Balaban J connectivity index is 1.40. The van der Waals surface area contributed by atoms with Gasteiger partial charge in [-0.05, 0) is 43.7 Å². The minimum Gasteiger partial charge on any atom is -0.387 e. The molecule has 0 aromatic carbocycles. The minimum atomic E-state index is -1.12. The van der Waals surface area contributed by atoms with E-state index in [2.05, 4.69) is 6.92 Å². The summed E-state index contributed by atoms with van der Waals surface area (Å²) >= 11 is 0. The number of aromatic nitrogens is 2. The molecule has 8 nitrogen and oxygen atoms in total. The predicted octanol–water partition coefficient (Wildman–Crippen LogP) is 3.93. The third-order valence-electron chi connectivity index (χ3n) is 9.81. The number of hydrogen-bond donors (Lipinski definition) is 1. The van der Waals surface area contributed by atoms with E-state index in [1.54, 1.807) is 43.0 Å². The summed E-state index contributed by atoms with van der Waals surface area (Å²) in [5.74, 6) is 0.672. The van der Waals surface area contributed by atoms with Gasteiger partial charge in [0, 0.05) is 50.9 Å². The predicted molar refractivity (Wildman–Crippen MR) is 147 cm³/mol. The Hall–Kier alpha value is -2.61. The molecule has 38 heavy (non-hydrogen) atoms. The molecule has 1 aliphatic heterocycles. The first-order valence-corrected chi connectivity index (χ1v) is 14.6. The number of fused-ring (bicyclic) bond motifs is 1. The Morgan fingerprint density at radius 2 is 1.82 bits per heavy atom. The van der Waals surface area contributed by atoms with Crippen LogP contribution in [0.3, 0.4) is 0 Å². The van der Waals surface area contributed by atoms with Crippen molar-refractivity contribution in [3.63, 3.8) is 0 Å². The topological polar surface area (TPSA) is 87.3 Å². The van der Waals surface area contributed by atoms with Crippen molar-refractivity contribution in [1.29, 1.82) is 0 Å². The summed E-state index contributed by atoms with van der Waals surface area (Å²) in [6.07, 6.45) is 14.8.